The molecule has 0 aliphatic heterocycles. The van der Waals surface area contributed by atoms with Gasteiger partial charge in [0.1, 0.15) is 0 Å². The van der Waals surface area contributed by atoms with Gasteiger partial charge in [-0.3, -0.25) is 4.79 Å². The Bertz CT molecular complexity index is 504. The fraction of sp³-hybridized carbons (Fsp3) is 0.842. The van der Waals surface area contributed by atoms with E-state index in [1.54, 1.807) is 0 Å². The Kier molecular flexibility index (Phi) is 2.96. The molecule has 1 N–H and O–H groups in total. The van der Waals surface area contributed by atoms with E-state index >= 15 is 0 Å². The van der Waals surface area contributed by atoms with Crippen LogP contribution in [0.25, 0.3) is 0 Å². The van der Waals surface area contributed by atoms with Gasteiger partial charge in [-0.15, -0.1) is 0 Å². The van der Waals surface area contributed by atoms with E-state index in [4.69, 9.17) is 0 Å². The van der Waals surface area contributed by atoms with Crippen molar-refractivity contribution in [2.75, 3.05) is 0 Å². The minimum absolute atomic E-state index is 0.125. The largest absolute Gasteiger partial charge is 0.390 e. The summed E-state index contributed by atoms with van der Waals surface area (Å²) in [6, 6.07) is 0. The number of hydrogen-bond donors (Lipinski definition) is 1. The van der Waals surface area contributed by atoms with Crippen molar-refractivity contribution >= 4 is 5.78 Å². The predicted octanol–water partition coefficient (Wildman–Crippen LogP) is 3.88. The third-order valence-corrected chi connectivity index (χ3v) is 7.86. The predicted molar refractivity (Wildman–Crippen MR) is 82.7 cm³/mol. The van der Waals surface area contributed by atoms with E-state index in [0.29, 0.717) is 17.6 Å². The Balaban J connectivity index is 1.64. The van der Waals surface area contributed by atoms with E-state index in [1.165, 1.54) is 31.3 Å². The molecule has 4 rings (SSSR count). The van der Waals surface area contributed by atoms with Crippen molar-refractivity contribution in [2.24, 2.45) is 29.1 Å². The van der Waals surface area contributed by atoms with Crippen molar-refractivity contribution in [3.05, 3.63) is 11.6 Å². The van der Waals surface area contributed by atoms with E-state index in [2.05, 4.69) is 13.8 Å². The molecule has 2 heteroatoms. The topological polar surface area (TPSA) is 37.3 Å². The van der Waals surface area contributed by atoms with Crippen molar-refractivity contribution < 1.29 is 9.90 Å². The van der Waals surface area contributed by atoms with Gasteiger partial charge in [-0.1, -0.05) is 12.5 Å². The van der Waals surface area contributed by atoms with Gasteiger partial charge in [-0.2, -0.15) is 0 Å². The number of rotatable bonds is 0. The quantitative estimate of drug-likeness (QED) is 0.734. The lowest BCUT2D eigenvalue weighted by Gasteiger charge is -2.55. The molecule has 0 spiro atoms. The van der Waals surface area contributed by atoms with Crippen LogP contribution in [0, 0.1) is 29.1 Å². The number of ketones is 1. The minimum atomic E-state index is -0.471. The first-order chi connectivity index (χ1) is 9.92. The zero-order valence-corrected chi connectivity index (χ0v) is 13.4. The lowest BCUT2D eigenvalue weighted by atomic mass is 9.51. The van der Waals surface area contributed by atoms with Crippen molar-refractivity contribution in [3.63, 3.8) is 0 Å². The Hall–Kier alpha value is -0.630. The molecule has 0 aromatic carbocycles. The molecular formula is C19H28O2. The van der Waals surface area contributed by atoms with Gasteiger partial charge < -0.3 is 5.11 Å². The van der Waals surface area contributed by atoms with E-state index in [1.807, 2.05) is 6.08 Å². The van der Waals surface area contributed by atoms with Gasteiger partial charge in [-0.25, -0.2) is 0 Å². The Morgan fingerprint density at radius 2 is 1.86 bits per heavy atom. The fourth-order valence-electron chi connectivity index (χ4n) is 6.42. The van der Waals surface area contributed by atoms with Gasteiger partial charge in [0.15, 0.2) is 5.78 Å². The molecule has 2 nitrogen and oxygen atoms in total. The molecule has 4 aliphatic carbocycles. The summed E-state index contributed by atoms with van der Waals surface area (Å²) in [5.41, 5.74) is 1.11. The van der Waals surface area contributed by atoms with Crippen molar-refractivity contribution in [2.45, 2.75) is 70.8 Å². The van der Waals surface area contributed by atoms with Crippen LogP contribution < -0.4 is 0 Å². The highest BCUT2D eigenvalue weighted by atomic mass is 16.3. The van der Waals surface area contributed by atoms with Crippen LogP contribution >= 0.6 is 0 Å². The van der Waals surface area contributed by atoms with Crippen LogP contribution in [-0.2, 0) is 4.79 Å². The SMILES string of the molecule is C[C@]1(O)CC[C@@H]2[C@@H]3CCC4=CC(=O)CC[C@@H]4[C@@H]3CC[C@]21C. The Morgan fingerprint density at radius 3 is 2.67 bits per heavy atom. The lowest BCUT2D eigenvalue weighted by Crippen LogP contribution is -2.51. The first-order valence-corrected chi connectivity index (χ1v) is 8.88. The fourth-order valence-corrected chi connectivity index (χ4v) is 6.42. The second-order valence-electron chi connectivity index (χ2n) is 8.57. The highest BCUT2D eigenvalue weighted by Gasteiger charge is 2.60. The summed E-state index contributed by atoms with van der Waals surface area (Å²) in [5, 5.41) is 10.9. The molecule has 3 saturated carbocycles. The molecule has 0 heterocycles. The van der Waals surface area contributed by atoms with Crippen LogP contribution in [0.2, 0.25) is 0 Å². The highest BCUT2D eigenvalue weighted by molar-refractivity contribution is 5.91. The van der Waals surface area contributed by atoms with Crippen LogP contribution in [0.4, 0.5) is 0 Å². The lowest BCUT2D eigenvalue weighted by molar-refractivity contribution is -0.117. The Labute approximate surface area is 128 Å². The third kappa shape index (κ3) is 1.84. The summed E-state index contributed by atoms with van der Waals surface area (Å²) < 4.78 is 0. The summed E-state index contributed by atoms with van der Waals surface area (Å²) >= 11 is 0. The molecule has 0 radical (unpaired) electrons. The molecule has 4 aliphatic rings. The van der Waals surface area contributed by atoms with Gasteiger partial charge in [0.25, 0.3) is 0 Å². The van der Waals surface area contributed by atoms with Crippen molar-refractivity contribution in [1.29, 1.82) is 0 Å². The van der Waals surface area contributed by atoms with Gasteiger partial charge in [0, 0.05) is 6.42 Å². The number of aliphatic hydroxyl groups is 1. The van der Waals surface area contributed by atoms with E-state index in [9.17, 15) is 9.90 Å². The molecule has 116 valence electrons. The highest BCUT2D eigenvalue weighted by Crippen LogP contribution is 2.64. The molecule has 0 aromatic rings. The zero-order valence-electron chi connectivity index (χ0n) is 13.4. The minimum Gasteiger partial charge on any atom is -0.390 e. The molecular weight excluding hydrogens is 260 g/mol. The maximum absolute atomic E-state index is 11.7. The first kappa shape index (κ1) is 14.0. The van der Waals surface area contributed by atoms with E-state index < -0.39 is 5.60 Å². The van der Waals surface area contributed by atoms with Gasteiger partial charge in [-0.05, 0) is 87.0 Å². The smallest absolute Gasteiger partial charge is 0.155 e. The monoisotopic (exact) mass is 288 g/mol. The molecule has 6 atom stereocenters. The number of carbonyl (C=O) groups excluding carboxylic acids is 1. The standard InChI is InChI=1S/C19H28O2/c1-18-9-7-15-14-6-4-13(20)11-12(14)3-5-16(15)17(18)8-10-19(18,2)21/h11,14-17,21H,3-10H2,1-2H3/t14-,15-,16+,17+,18+,19-/m0/s1. The average Bonchev–Trinajstić information content (AvgIpc) is 2.69. The zero-order chi connectivity index (χ0) is 14.8. The first-order valence-electron chi connectivity index (χ1n) is 8.88. The number of fused-ring (bicyclic) bond motifs is 5. The molecule has 0 bridgehead atoms. The van der Waals surface area contributed by atoms with Crippen molar-refractivity contribution in [1.82, 2.24) is 0 Å². The second kappa shape index (κ2) is 4.44. The maximum Gasteiger partial charge on any atom is 0.155 e. The van der Waals surface area contributed by atoms with Gasteiger partial charge in [0.05, 0.1) is 5.60 Å². The van der Waals surface area contributed by atoms with E-state index in [0.717, 1.165) is 37.5 Å². The van der Waals surface area contributed by atoms with Gasteiger partial charge in [0.2, 0.25) is 0 Å². The molecule has 21 heavy (non-hydrogen) atoms. The molecule has 3 fully saturated rings. The molecule has 0 aromatic heterocycles. The number of carbonyl (C=O) groups is 1. The summed E-state index contributed by atoms with van der Waals surface area (Å²) in [5.74, 6) is 3.30. The maximum atomic E-state index is 11.7. The third-order valence-electron chi connectivity index (χ3n) is 7.86. The van der Waals surface area contributed by atoms with Crippen LogP contribution in [0.3, 0.4) is 0 Å². The summed E-state index contributed by atoms with van der Waals surface area (Å²) in [6.07, 6.45) is 10.8. The van der Waals surface area contributed by atoms with E-state index in [-0.39, 0.29) is 5.41 Å². The Morgan fingerprint density at radius 1 is 1.05 bits per heavy atom. The number of hydrogen-bond acceptors (Lipinski definition) is 2. The van der Waals surface area contributed by atoms with Gasteiger partial charge >= 0.3 is 0 Å². The summed E-state index contributed by atoms with van der Waals surface area (Å²) in [4.78, 5) is 11.7. The molecule has 0 saturated heterocycles. The normalized spacial score (nSPS) is 52.7. The van der Waals surface area contributed by atoms with Crippen LogP contribution in [0.1, 0.15) is 65.2 Å². The van der Waals surface area contributed by atoms with Crippen LogP contribution in [-0.4, -0.2) is 16.5 Å². The summed E-state index contributed by atoms with van der Waals surface area (Å²) in [6.45, 7) is 4.41. The second-order valence-corrected chi connectivity index (χ2v) is 8.57. The van der Waals surface area contributed by atoms with Crippen molar-refractivity contribution in [3.8, 4) is 0 Å². The molecule has 0 unspecified atom stereocenters. The number of allylic oxidation sites excluding steroid dienone is 1. The summed E-state index contributed by atoms with van der Waals surface area (Å²) in [7, 11) is 0. The molecule has 0 amide bonds. The van der Waals surface area contributed by atoms with Crippen LogP contribution in [0.5, 0.6) is 0 Å². The van der Waals surface area contributed by atoms with Crippen LogP contribution in [0.15, 0.2) is 11.6 Å². The average molecular weight is 288 g/mol.